The van der Waals surface area contributed by atoms with Gasteiger partial charge in [0.25, 0.3) is 0 Å². The molecule has 0 radical (unpaired) electrons. The Morgan fingerprint density at radius 2 is 1.46 bits per heavy atom. The van der Waals surface area contributed by atoms with E-state index in [4.69, 9.17) is 0 Å². The second-order valence-electron chi connectivity index (χ2n) is 5.61. The summed E-state index contributed by atoms with van der Waals surface area (Å²) >= 11 is 3.71. The Balaban J connectivity index is 2.03. The maximum Gasteiger partial charge on any atom is 0.0691 e. The third kappa shape index (κ3) is 1.20. The van der Waals surface area contributed by atoms with Gasteiger partial charge in [0, 0.05) is 10.7 Å². The van der Waals surface area contributed by atoms with Crippen LogP contribution in [0.4, 0.5) is 0 Å². The van der Waals surface area contributed by atoms with Crippen LogP contribution in [0.1, 0.15) is 38.5 Å². The Kier molecular flexibility index (Phi) is 1.43. The molecule has 4 fully saturated rings. The van der Waals surface area contributed by atoms with Crippen molar-refractivity contribution in [3.63, 3.8) is 0 Å². The van der Waals surface area contributed by atoms with E-state index in [1.165, 1.54) is 0 Å². The number of halogens is 1. The third-order valence-electron chi connectivity index (χ3n) is 3.94. The summed E-state index contributed by atoms with van der Waals surface area (Å²) in [4.78, 5) is 0. The second-order valence-corrected chi connectivity index (χ2v) is 7.29. The van der Waals surface area contributed by atoms with Crippen LogP contribution in [0.25, 0.3) is 0 Å². The van der Waals surface area contributed by atoms with Crippen LogP contribution < -0.4 is 0 Å². The van der Waals surface area contributed by atoms with Crippen molar-refractivity contribution in [2.75, 3.05) is 0 Å². The summed E-state index contributed by atoms with van der Waals surface area (Å²) in [6.45, 7) is 0. The number of rotatable bonds is 0. The maximum absolute atomic E-state index is 10.2. The molecule has 2 N–H and O–H groups in total. The molecular formula is C10H15BrO2. The fourth-order valence-corrected chi connectivity index (χ4v) is 5.72. The summed E-state index contributed by atoms with van der Waals surface area (Å²) in [5, 5.41) is 20.5. The highest BCUT2D eigenvalue weighted by atomic mass is 79.9. The van der Waals surface area contributed by atoms with E-state index in [0.29, 0.717) is 12.3 Å². The molecule has 0 spiro atoms. The molecule has 0 heterocycles. The molecule has 3 heteroatoms. The smallest absolute Gasteiger partial charge is 0.0691 e. The van der Waals surface area contributed by atoms with Gasteiger partial charge in [-0.05, 0) is 38.0 Å². The van der Waals surface area contributed by atoms with Crippen molar-refractivity contribution in [3.8, 4) is 0 Å². The fourth-order valence-electron chi connectivity index (χ4n) is 4.22. The molecule has 0 aromatic heterocycles. The lowest BCUT2D eigenvalue weighted by molar-refractivity contribution is -0.188. The van der Waals surface area contributed by atoms with Crippen molar-refractivity contribution in [3.05, 3.63) is 0 Å². The van der Waals surface area contributed by atoms with Gasteiger partial charge in [-0.3, -0.25) is 0 Å². The van der Waals surface area contributed by atoms with Gasteiger partial charge in [0.1, 0.15) is 0 Å². The van der Waals surface area contributed by atoms with Gasteiger partial charge >= 0.3 is 0 Å². The van der Waals surface area contributed by atoms with Gasteiger partial charge in [-0.2, -0.15) is 0 Å². The minimum Gasteiger partial charge on any atom is -0.390 e. The summed E-state index contributed by atoms with van der Waals surface area (Å²) in [5.74, 6) is 0.533. The Morgan fingerprint density at radius 3 is 1.85 bits per heavy atom. The standard InChI is InChI=1S/C10H15BrO2/c11-8-1-7-2-9(12,4-8)6-10(13,3-7)5-8/h7,12-13H,1-6H2. The van der Waals surface area contributed by atoms with Gasteiger partial charge in [-0.1, -0.05) is 15.9 Å². The first kappa shape index (κ1) is 8.69. The highest BCUT2D eigenvalue weighted by molar-refractivity contribution is 9.10. The maximum atomic E-state index is 10.2. The lowest BCUT2D eigenvalue weighted by Crippen LogP contribution is -2.63. The molecule has 0 aliphatic heterocycles. The average molecular weight is 247 g/mol. The van der Waals surface area contributed by atoms with Gasteiger partial charge in [-0.15, -0.1) is 0 Å². The molecule has 2 nitrogen and oxygen atoms in total. The summed E-state index contributed by atoms with van der Waals surface area (Å²) < 4.78 is 0.0376. The van der Waals surface area contributed by atoms with Crippen molar-refractivity contribution < 1.29 is 10.2 Å². The first-order chi connectivity index (χ1) is 5.91. The van der Waals surface area contributed by atoms with Crippen LogP contribution in [0.15, 0.2) is 0 Å². The third-order valence-corrected chi connectivity index (χ3v) is 4.83. The average Bonchev–Trinajstić information content (AvgIpc) is 1.71. The van der Waals surface area contributed by atoms with Gasteiger partial charge < -0.3 is 10.2 Å². The molecule has 2 unspecified atom stereocenters. The molecule has 4 saturated carbocycles. The predicted molar refractivity (Wildman–Crippen MR) is 52.7 cm³/mol. The highest BCUT2D eigenvalue weighted by Gasteiger charge is 2.61. The first-order valence-electron chi connectivity index (χ1n) is 5.04. The Labute approximate surface area is 86.5 Å². The van der Waals surface area contributed by atoms with E-state index in [0.717, 1.165) is 32.1 Å². The van der Waals surface area contributed by atoms with Crippen molar-refractivity contribution in [1.82, 2.24) is 0 Å². The Bertz CT molecular complexity index is 215. The number of alkyl halides is 1. The van der Waals surface area contributed by atoms with Gasteiger partial charge in [-0.25, -0.2) is 0 Å². The molecule has 4 rings (SSSR count). The van der Waals surface area contributed by atoms with Gasteiger partial charge in [0.2, 0.25) is 0 Å². The summed E-state index contributed by atoms with van der Waals surface area (Å²) in [6.07, 6.45) is 5.21. The van der Waals surface area contributed by atoms with Crippen LogP contribution in [-0.2, 0) is 0 Å². The van der Waals surface area contributed by atoms with Crippen LogP contribution in [-0.4, -0.2) is 25.7 Å². The lowest BCUT2D eigenvalue weighted by atomic mass is 9.52. The van der Waals surface area contributed by atoms with Crippen molar-refractivity contribution in [2.24, 2.45) is 5.92 Å². The molecule has 13 heavy (non-hydrogen) atoms. The van der Waals surface area contributed by atoms with Crippen molar-refractivity contribution in [1.29, 1.82) is 0 Å². The molecule has 0 aromatic rings. The van der Waals surface area contributed by atoms with E-state index >= 15 is 0 Å². The largest absolute Gasteiger partial charge is 0.390 e. The van der Waals surface area contributed by atoms with E-state index in [-0.39, 0.29) is 4.32 Å². The number of hydrogen-bond donors (Lipinski definition) is 2. The van der Waals surface area contributed by atoms with Crippen molar-refractivity contribution in [2.45, 2.75) is 54.1 Å². The highest BCUT2D eigenvalue weighted by Crippen LogP contribution is 2.62. The van der Waals surface area contributed by atoms with E-state index in [2.05, 4.69) is 15.9 Å². The molecule has 74 valence electrons. The summed E-state index contributed by atoms with van der Waals surface area (Å²) in [5.41, 5.74) is -1.14. The lowest BCUT2D eigenvalue weighted by Gasteiger charge is -2.61. The van der Waals surface area contributed by atoms with Crippen LogP contribution in [0, 0.1) is 5.92 Å². The molecule has 4 aliphatic rings. The SMILES string of the molecule is OC12CC3CC(O)(C1)CC(Br)(C3)C2. The molecule has 0 aromatic carbocycles. The zero-order valence-corrected chi connectivity index (χ0v) is 9.18. The van der Waals surface area contributed by atoms with Crippen LogP contribution in [0.5, 0.6) is 0 Å². The molecule has 0 amide bonds. The molecular weight excluding hydrogens is 232 g/mol. The van der Waals surface area contributed by atoms with E-state index in [9.17, 15) is 10.2 Å². The van der Waals surface area contributed by atoms with Crippen molar-refractivity contribution >= 4 is 15.9 Å². The first-order valence-corrected chi connectivity index (χ1v) is 5.84. The normalized spacial score (nSPS) is 64.4. The molecule has 0 saturated heterocycles. The van der Waals surface area contributed by atoms with E-state index in [1.807, 2.05) is 0 Å². The Hall–Kier alpha value is 0.400. The molecule has 2 atom stereocenters. The minimum atomic E-state index is -0.572. The molecule has 4 aliphatic carbocycles. The quantitative estimate of drug-likeness (QED) is 0.638. The van der Waals surface area contributed by atoms with E-state index in [1.54, 1.807) is 0 Å². The molecule has 4 bridgehead atoms. The Morgan fingerprint density at radius 1 is 0.923 bits per heavy atom. The second kappa shape index (κ2) is 2.15. The number of aliphatic hydroxyl groups is 2. The van der Waals surface area contributed by atoms with Gasteiger partial charge in [0.05, 0.1) is 11.2 Å². The zero-order chi connectivity index (χ0) is 9.32. The van der Waals surface area contributed by atoms with Crippen LogP contribution >= 0.6 is 15.9 Å². The number of hydrogen-bond acceptors (Lipinski definition) is 2. The van der Waals surface area contributed by atoms with Crippen LogP contribution in [0.3, 0.4) is 0 Å². The summed E-state index contributed by atoms with van der Waals surface area (Å²) in [7, 11) is 0. The minimum absolute atomic E-state index is 0.0376. The van der Waals surface area contributed by atoms with Crippen LogP contribution in [0.2, 0.25) is 0 Å². The zero-order valence-electron chi connectivity index (χ0n) is 7.59. The van der Waals surface area contributed by atoms with E-state index < -0.39 is 11.2 Å². The topological polar surface area (TPSA) is 40.5 Å². The predicted octanol–water partition coefficient (Wildman–Crippen LogP) is 1.58. The fraction of sp³-hybridized carbons (Fsp3) is 1.00. The van der Waals surface area contributed by atoms with Gasteiger partial charge in [0.15, 0.2) is 0 Å². The monoisotopic (exact) mass is 246 g/mol. The summed E-state index contributed by atoms with van der Waals surface area (Å²) in [6, 6.07) is 0.